The molecule has 2 rings (SSSR count). The van der Waals surface area contributed by atoms with Crippen molar-refractivity contribution in [1.82, 2.24) is 10.2 Å². The van der Waals surface area contributed by atoms with Crippen molar-refractivity contribution in [3.05, 3.63) is 34.6 Å². The van der Waals surface area contributed by atoms with E-state index in [1.54, 1.807) is 12.1 Å². The van der Waals surface area contributed by atoms with E-state index in [1.807, 2.05) is 0 Å². The van der Waals surface area contributed by atoms with E-state index in [-0.39, 0.29) is 5.82 Å². The standard InChI is InChI=1S/C13H18ClFN2/c1-2-6-17(10-7-16-8-10)9-11-12(14)4-3-5-13(11)15/h3-5,10,16H,2,6-9H2,1H3. The molecule has 2 nitrogen and oxygen atoms in total. The number of rotatable bonds is 5. The van der Waals surface area contributed by atoms with Crippen LogP contribution in [0.2, 0.25) is 5.02 Å². The summed E-state index contributed by atoms with van der Waals surface area (Å²) in [5, 5.41) is 3.77. The van der Waals surface area contributed by atoms with Gasteiger partial charge in [0.25, 0.3) is 0 Å². The molecule has 0 bridgehead atoms. The van der Waals surface area contributed by atoms with Gasteiger partial charge in [-0.25, -0.2) is 4.39 Å². The molecule has 0 atom stereocenters. The molecule has 1 aliphatic rings. The second-order valence-electron chi connectivity index (χ2n) is 4.48. The van der Waals surface area contributed by atoms with E-state index in [0.29, 0.717) is 23.2 Å². The van der Waals surface area contributed by atoms with Crippen molar-refractivity contribution < 1.29 is 4.39 Å². The average Bonchev–Trinajstić information content (AvgIpc) is 2.21. The highest BCUT2D eigenvalue weighted by molar-refractivity contribution is 6.31. The molecule has 1 aromatic rings. The van der Waals surface area contributed by atoms with Gasteiger partial charge >= 0.3 is 0 Å². The van der Waals surface area contributed by atoms with E-state index in [0.717, 1.165) is 26.1 Å². The van der Waals surface area contributed by atoms with Gasteiger partial charge in [-0.1, -0.05) is 24.6 Å². The predicted octanol–water partition coefficient (Wildman–Crippen LogP) is 2.66. The zero-order chi connectivity index (χ0) is 12.3. The minimum absolute atomic E-state index is 0.203. The quantitative estimate of drug-likeness (QED) is 0.871. The number of nitrogens with zero attached hydrogens (tertiary/aromatic N) is 1. The summed E-state index contributed by atoms with van der Waals surface area (Å²) in [6.45, 7) is 5.71. The monoisotopic (exact) mass is 256 g/mol. The Morgan fingerprint density at radius 2 is 2.24 bits per heavy atom. The Hall–Kier alpha value is -0.640. The van der Waals surface area contributed by atoms with Gasteiger partial charge in [0.1, 0.15) is 5.82 Å². The Bertz CT molecular complexity index is 359. The van der Waals surface area contributed by atoms with Crippen molar-refractivity contribution >= 4 is 11.6 Å². The van der Waals surface area contributed by atoms with Crippen LogP contribution < -0.4 is 5.32 Å². The third-order valence-corrected chi connectivity index (χ3v) is 3.56. The van der Waals surface area contributed by atoms with Crippen LogP contribution in [0.15, 0.2) is 18.2 Å². The van der Waals surface area contributed by atoms with Crippen LogP contribution in [0.5, 0.6) is 0 Å². The molecule has 4 heteroatoms. The van der Waals surface area contributed by atoms with Crippen molar-refractivity contribution in [3.63, 3.8) is 0 Å². The maximum atomic E-state index is 13.7. The second kappa shape index (κ2) is 5.80. The first-order valence-corrected chi connectivity index (χ1v) is 6.47. The third-order valence-electron chi connectivity index (χ3n) is 3.21. The average molecular weight is 257 g/mol. The molecule has 17 heavy (non-hydrogen) atoms. The molecule has 1 fully saturated rings. The minimum atomic E-state index is -0.203. The minimum Gasteiger partial charge on any atom is -0.314 e. The molecule has 1 aromatic carbocycles. The number of nitrogens with one attached hydrogen (secondary N) is 1. The van der Waals surface area contributed by atoms with Crippen molar-refractivity contribution in [2.45, 2.75) is 25.9 Å². The van der Waals surface area contributed by atoms with Gasteiger partial charge in [0.15, 0.2) is 0 Å². The van der Waals surface area contributed by atoms with Crippen LogP contribution in [-0.4, -0.2) is 30.6 Å². The highest BCUT2D eigenvalue weighted by Gasteiger charge is 2.25. The molecular weight excluding hydrogens is 239 g/mol. The SMILES string of the molecule is CCCN(Cc1c(F)cccc1Cl)C1CNC1. The van der Waals surface area contributed by atoms with E-state index in [4.69, 9.17) is 11.6 Å². The Morgan fingerprint density at radius 1 is 1.47 bits per heavy atom. The maximum Gasteiger partial charge on any atom is 0.129 e. The van der Waals surface area contributed by atoms with Crippen LogP contribution in [0, 0.1) is 5.82 Å². The van der Waals surface area contributed by atoms with E-state index in [9.17, 15) is 4.39 Å². The molecule has 0 unspecified atom stereocenters. The van der Waals surface area contributed by atoms with Gasteiger partial charge in [-0.2, -0.15) is 0 Å². The van der Waals surface area contributed by atoms with Crippen LogP contribution in [0.3, 0.4) is 0 Å². The van der Waals surface area contributed by atoms with E-state index in [1.165, 1.54) is 6.07 Å². The van der Waals surface area contributed by atoms with Crippen LogP contribution in [0.1, 0.15) is 18.9 Å². The molecule has 0 saturated carbocycles. The second-order valence-corrected chi connectivity index (χ2v) is 4.89. The third kappa shape index (κ3) is 2.97. The summed E-state index contributed by atoms with van der Waals surface area (Å²) in [4.78, 5) is 2.31. The summed E-state index contributed by atoms with van der Waals surface area (Å²) in [6.07, 6.45) is 1.07. The number of halogens is 2. The first kappa shape index (κ1) is 12.8. The summed E-state index contributed by atoms with van der Waals surface area (Å²) < 4.78 is 13.7. The maximum absolute atomic E-state index is 13.7. The van der Waals surface area contributed by atoms with Crippen LogP contribution in [0.4, 0.5) is 4.39 Å². The normalized spacial score (nSPS) is 16.2. The molecule has 0 aromatic heterocycles. The molecule has 1 N–H and O–H groups in total. The van der Waals surface area contributed by atoms with E-state index >= 15 is 0 Å². The number of hydrogen-bond acceptors (Lipinski definition) is 2. The van der Waals surface area contributed by atoms with Crippen molar-refractivity contribution in [2.75, 3.05) is 19.6 Å². The van der Waals surface area contributed by atoms with Crippen LogP contribution in [0.25, 0.3) is 0 Å². The molecular formula is C13H18ClFN2. The van der Waals surface area contributed by atoms with Gasteiger partial charge in [0.05, 0.1) is 0 Å². The van der Waals surface area contributed by atoms with Gasteiger partial charge in [-0.05, 0) is 25.1 Å². The van der Waals surface area contributed by atoms with Crippen LogP contribution >= 0.6 is 11.6 Å². The Labute approximate surface area is 107 Å². The fraction of sp³-hybridized carbons (Fsp3) is 0.538. The van der Waals surface area contributed by atoms with Crippen molar-refractivity contribution in [2.24, 2.45) is 0 Å². The first-order chi connectivity index (χ1) is 8.22. The summed E-state index contributed by atoms with van der Waals surface area (Å²) in [5.41, 5.74) is 0.620. The van der Waals surface area contributed by atoms with Gasteiger partial charge in [-0.3, -0.25) is 4.90 Å². The predicted molar refractivity (Wildman–Crippen MR) is 68.8 cm³/mol. The molecule has 0 radical (unpaired) electrons. The lowest BCUT2D eigenvalue weighted by atomic mass is 10.1. The highest BCUT2D eigenvalue weighted by Crippen LogP contribution is 2.22. The fourth-order valence-corrected chi connectivity index (χ4v) is 2.32. The fourth-order valence-electron chi connectivity index (χ4n) is 2.10. The van der Waals surface area contributed by atoms with Crippen molar-refractivity contribution in [1.29, 1.82) is 0 Å². The Kier molecular flexibility index (Phi) is 4.37. The largest absolute Gasteiger partial charge is 0.314 e. The zero-order valence-corrected chi connectivity index (χ0v) is 10.8. The summed E-state index contributed by atoms with van der Waals surface area (Å²) in [6, 6.07) is 5.40. The zero-order valence-electron chi connectivity index (χ0n) is 10.0. The van der Waals surface area contributed by atoms with Crippen molar-refractivity contribution in [3.8, 4) is 0 Å². The molecule has 0 spiro atoms. The van der Waals surface area contributed by atoms with Gasteiger partial charge in [0.2, 0.25) is 0 Å². The van der Waals surface area contributed by atoms with Crippen LogP contribution in [-0.2, 0) is 6.54 Å². The van der Waals surface area contributed by atoms with Gasteiger partial charge in [-0.15, -0.1) is 0 Å². The molecule has 1 heterocycles. The lowest BCUT2D eigenvalue weighted by Crippen LogP contribution is -2.57. The molecule has 1 saturated heterocycles. The molecule has 0 aliphatic carbocycles. The van der Waals surface area contributed by atoms with E-state index < -0.39 is 0 Å². The van der Waals surface area contributed by atoms with Gasteiger partial charge in [0, 0.05) is 36.3 Å². The highest BCUT2D eigenvalue weighted by atomic mass is 35.5. The molecule has 94 valence electrons. The lowest BCUT2D eigenvalue weighted by Gasteiger charge is -2.38. The first-order valence-electron chi connectivity index (χ1n) is 6.10. The lowest BCUT2D eigenvalue weighted by molar-refractivity contribution is 0.136. The topological polar surface area (TPSA) is 15.3 Å². The summed E-state index contributed by atoms with van der Waals surface area (Å²) in [5.74, 6) is -0.203. The molecule has 1 aliphatic heterocycles. The van der Waals surface area contributed by atoms with Gasteiger partial charge < -0.3 is 5.32 Å². The Balaban J connectivity index is 2.10. The summed E-state index contributed by atoms with van der Waals surface area (Å²) in [7, 11) is 0. The Morgan fingerprint density at radius 3 is 2.76 bits per heavy atom. The summed E-state index contributed by atoms with van der Waals surface area (Å²) >= 11 is 6.06. The van der Waals surface area contributed by atoms with E-state index in [2.05, 4.69) is 17.1 Å². The smallest absolute Gasteiger partial charge is 0.129 e. The number of benzene rings is 1. The molecule has 0 amide bonds. The number of hydrogen-bond donors (Lipinski definition) is 1.